The summed E-state index contributed by atoms with van der Waals surface area (Å²) >= 11 is 0. The molecule has 1 aromatic carbocycles. The van der Waals surface area contributed by atoms with Gasteiger partial charge in [0.1, 0.15) is 12.2 Å². The van der Waals surface area contributed by atoms with Gasteiger partial charge in [-0.2, -0.15) is 4.40 Å². The molecule has 0 saturated carbocycles. The van der Waals surface area contributed by atoms with Gasteiger partial charge in [0, 0.05) is 18.7 Å². The highest BCUT2D eigenvalue weighted by Crippen LogP contribution is 2.21. The highest BCUT2D eigenvalue weighted by atomic mass is 16.8. The van der Waals surface area contributed by atoms with E-state index in [1.807, 2.05) is 6.07 Å². The van der Waals surface area contributed by atoms with Crippen molar-refractivity contribution in [3.05, 3.63) is 65.1 Å². The van der Waals surface area contributed by atoms with E-state index in [-0.39, 0.29) is 17.0 Å². The molecule has 0 aliphatic carbocycles. The van der Waals surface area contributed by atoms with Gasteiger partial charge in [0.2, 0.25) is 6.29 Å². The van der Waals surface area contributed by atoms with E-state index in [4.69, 9.17) is 14.3 Å². The summed E-state index contributed by atoms with van der Waals surface area (Å²) in [4.78, 5) is 18.2. The molecule has 8 nitrogen and oxygen atoms in total. The van der Waals surface area contributed by atoms with Gasteiger partial charge in [-0.05, 0) is 11.6 Å². The topological polar surface area (TPSA) is 88.5 Å². The fraction of sp³-hybridized carbons (Fsp3) is 0.286. The quantitative estimate of drug-likeness (QED) is 0.354. The third kappa shape index (κ3) is 4.13. The molecule has 1 unspecified atom stereocenters. The van der Waals surface area contributed by atoms with Crippen LogP contribution in [0.25, 0.3) is 16.8 Å². The largest absolute Gasteiger partial charge is 0.842 e. The molecule has 1 saturated heterocycles. The molecule has 1 aliphatic heterocycles. The van der Waals surface area contributed by atoms with Crippen LogP contribution in [0.5, 0.6) is 5.88 Å². The number of benzene rings is 1. The lowest BCUT2D eigenvalue weighted by atomic mass is 10.1. The number of aromatic nitrogens is 2. The van der Waals surface area contributed by atoms with Crippen LogP contribution in [0.15, 0.2) is 64.7 Å². The molecule has 29 heavy (non-hydrogen) atoms. The third-order valence-electron chi connectivity index (χ3n) is 4.59. The Morgan fingerprint density at radius 3 is 2.83 bits per heavy atom. The standard InChI is InChI=1S/C21H21N3O5/c25-20-19(16-7-2-1-3-8-16)21(26)24(17-9-4-5-11-23(17)20)12-6-10-22-29-18-15-27-13-14-28-18/h1-5,7-11,18H,6,12-15H2/b22-10+. The van der Waals surface area contributed by atoms with Crippen molar-refractivity contribution in [3.8, 4) is 17.0 Å². The summed E-state index contributed by atoms with van der Waals surface area (Å²) in [6.07, 6.45) is 3.18. The van der Waals surface area contributed by atoms with Crippen molar-refractivity contribution in [1.29, 1.82) is 0 Å². The van der Waals surface area contributed by atoms with Crippen molar-refractivity contribution in [2.24, 2.45) is 5.16 Å². The summed E-state index contributed by atoms with van der Waals surface area (Å²) in [5.41, 5.74) is 0.941. The Kier molecular flexibility index (Phi) is 5.83. The molecule has 1 aliphatic rings. The summed E-state index contributed by atoms with van der Waals surface area (Å²) in [5, 5.41) is 17.1. The Hall–Kier alpha value is -3.23. The maximum absolute atomic E-state index is 13.2. The lowest BCUT2D eigenvalue weighted by Crippen LogP contribution is -2.44. The van der Waals surface area contributed by atoms with Crippen molar-refractivity contribution in [2.45, 2.75) is 19.3 Å². The first-order valence-corrected chi connectivity index (χ1v) is 9.42. The first-order valence-electron chi connectivity index (χ1n) is 9.42. The first kappa shape index (κ1) is 19.1. The Bertz CT molecular complexity index is 1060. The van der Waals surface area contributed by atoms with Crippen LogP contribution in [0.3, 0.4) is 0 Å². The zero-order chi connectivity index (χ0) is 20.1. The zero-order valence-electron chi connectivity index (χ0n) is 15.8. The monoisotopic (exact) mass is 395 g/mol. The second-order valence-electron chi connectivity index (χ2n) is 6.49. The molecule has 0 radical (unpaired) electrons. The van der Waals surface area contributed by atoms with E-state index in [0.29, 0.717) is 44.0 Å². The molecule has 3 heterocycles. The Balaban J connectivity index is 1.60. The van der Waals surface area contributed by atoms with Crippen molar-refractivity contribution in [1.82, 2.24) is 4.40 Å². The van der Waals surface area contributed by atoms with E-state index in [2.05, 4.69) is 5.16 Å². The fourth-order valence-electron chi connectivity index (χ4n) is 3.22. The van der Waals surface area contributed by atoms with Crippen LogP contribution in [-0.4, -0.2) is 36.7 Å². The number of rotatable bonds is 6. The first-order chi connectivity index (χ1) is 14.3. The van der Waals surface area contributed by atoms with Gasteiger partial charge in [-0.25, -0.2) is 9.36 Å². The Labute approximate surface area is 167 Å². The van der Waals surface area contributed by atoms with Gasteiger partial charge in [-0.1, -0.05) is 41.6 Å². The van der Waals surface area contributed by atoms with Crippen LogP contribution in [0.4, 0.5) is 0 Å². The van der Waals surface area contributed by atoms with E-state index in [9.17, 15) is 9.90 Å². The Morgan fingerprint density at radius 1 is 1.21 bits per heavy atom. The van der Waals surface area contributed by atoms with Gasteiger partial charge in [0.25, 0.3) is 5.65 Å². The van der Waals surface area contributed by atoms with Gasteiger partial charge in [-0.3, -0.25) is 0 Å². The van der Waals surface area contributed by atoms with Gasteiger partial charge in [-0.15, -0.1) is 0 Å². The maximum Gasteiger partial charge on any atom is 0.349 e. The highest BCUT2D eigenvalue weighted by molar-refractivity contribution is 5.66. The van der Waals surface area contributed by atoms with Gasteiger partial charge in [0.05, 0.1) is 31.8 Å². The smallest absolute Gasteiger partial charge is 0.349 e. The molecule has 3 aromatic rings. The van der Waals surface area contributed by atoms with Gasteiger partial charge >= 0.3 is 5.56 Å². The summed E-state index contributed by atoms with van der Waals surface area (Å²) in [5.74, 6) is -0.328. The molecule has 150 valence electrons. The normalized spacial score (nSPS) is 17.0. The molecule has 1 atom stereocenters. The lowest BCUT2D eigenvalue weighted by Gasteiger charge is -2.20. The van der Waals surface area contributed by atoms with E-state index in [1.165, 1.54) is 4.40 Å². The van der Waals surface area contributed by atoms with Crippen LogP contribution in [0.1, 0.15) is 6.42 Å². The molecule has 0 bridgehead atoms. The number of nitrogens with zero attached hydrogens (tertiary/aromatic N) is 3. The summed E-state index contributed by atoms with van der Waals surface area (Å²) < 4.78 is 13.7. The number of pyridine rings is 1. The van der Waals surface area contributed by atoms with Crippen LogP contribution >= 0.6 is 0 Å². The molecule has 2 aromatic heterocycles. The number of oxime groups is 1. The van der Waals surface area contributed by atoms with Crippen molar-refractivity contribution >= 4 is 11.9 Å². The number of hydrogen-bond acceptors (Lipinski definition) is 6. The lowest BCUT2D eigenvalue weighted by molar-refractivity contribution is -0.714. The van der Waals surface area contributed by atoms with Crippen LogP contribution in [0.2, 0.25) is 0 Å². The average Bonchev–Trinajstić information content (AvgIpc) is 2.77. The minimum Gasteiger partial charge on any atom is -0.842 e. The molecule has 8 heteroatoms. The summed E-state index contributed by atoms with van der Waals surface area (Å²) in [6.45, 7) is 1.71. The molecule has 1 fully saturated rings. The van der Waals surface area contributed by atoms with Crippen molar-refractivity contribution in [2.75, 3.05) is 19.8 Å². The number of aryl methyl sites for hydroxylation is 1. The second-order valence-corrected chi connectivity index (χ2v) is 6.49. The van der Waals surface area contributed by atoms with Crippen molar-refractivity contribution in [3.63, 3.8) is 0 Å². The van der Waals surface area contributed by atoms with Crippen LogP contribution < -0.4 is 15.2 Å². The van der Waals surface area contributed by atoms with Crippen LogP contribution in [-0.2, 0) is 20.9 Å². The molecule has 0 N–H and O–H groups in total. The number of fused-ring (bicyclic) bond motifs is 1. The highest BCUT2D eigenvalue weighted by Gasteiger charge is 2.19. The molecular formula is C21H21N3O5. The average molecular weight is 395 g/mol. The van der Waals surface area contributed by atoms with E-state index in [1.54, 1.807) is 59.4 Å². The molecule has 4 rings (SSSR count). The van der Waals surface area contributed by atoms with E-state index in [0.717, 1.165) is 0 Å². The predicted molar refractivity (Wildman–Crippen MR) is 103 cm³/mol. The Morgan fingerprint density at radius 2 is 2.03 bits per heavy atom. The number of hydrogen-bond donors (Lipinski definition) is 0. The molecule has 0 amide bonds. The minimum absolute atomic E-state index is 0.148. The predicted octanol–water partition coefficient (Wildman–Crippen LogP) is 1.09. The second kappa shape index (κ2) is 8.85. The van der Waals surface area contributed by atoms with E-state index < -0.39 is 6.29 Å². The van der Waals surface area contributed by atoms with Crippen LogP contribution in [0, 0.1) is 0 Å². The van der Waals surface area contributed by atoms with Gasteiger partial charge in [0.15, 0.2) is 0 Å². The van der Waals surface area contributed by atoms with Gasteiger partial charge < -0.3 is 19.4 Å². The fourth-order valence-corrected chi connectivity index (χ4v) is 3.22. The summed E-state index contributed by atoms with van der Waals surface area (Å²) in [7, 11) is 0. The number of ether oxygens (including phenoxy) is 2. The summed E-state index contributed by atoms with van der Waals surface area (Å²) in [6, 6.07) is 14.3. The molecular weight excluding hydrogens is 374 g/mol. The van der Waals surface area contributed by atoms with Crippen molar-refractivity contribution < 1.29 is 24.0 Å². The molecule has 0 spiro atoms. The van der Waals surface area contributed by atoms with E-state index >= 15 is 0 Å². The SMILES string of the molecule is O=c1c(-c2ccccc2)c([O-])[n+](CC/C=N/OC2COCCO2)c2ccccn12. The zero-order valence-corrected chi connectivity index (χ0v) is 15.8. The minimum atomic E-state index is -0.511. The maximum atomic E-state index is 13.2. The third-order valence-corrected chi connectivity index (χ3v) is 4.59.